The Kier molecular flexibility index (Phi) is 4.40. The predicted molar refractivity (Wildman–Crippen MR) is 77.2 cm³/mol. The third-order valence-corrected chi connectivity index (χ3v) is 3.15. The lowest BCUT2D eigenvalue weighted by molar-refractivity contribution is -0.872. The average Bonchev–Trinajstić information content (AvgIpc) is 2.34. The first kappa shape index (κ1) is 13.1. The molecule has 0 heterocycles. The van der Waals surface area contributed by atoms with E-state index >= 15 is 0 Å². The Morgan fingerprint density at radius 2 is 1.22 bits per heavy atom. The van der Waals surface area contributed by atoms with Crippen molar-refractivity contribution in [2.45, 2.75) is 13.0 Å². The van der Waals surface area contributed by atoms with E-state index in [-0.39, 0.29) is 0 Å². The third-order valence-electron chi connectivity index (χ3n) is 2.90. The van der Waals surface area contributed by atoms with Crippen LogP contribution < -0.4 is 4.90 Å². The third kappa shape index (κ3) is 3.86. The molecule has 2 aromatic rings. The molecule has 0 saturated carbocycles. The monoisotopic (exact) mass is 260 g/mol. The molecule has 2 aromatic carbocycles. The zero-order chi connectivity index (χ0) is 13.0. The van der Waals surface area contributed by atoms with Gasteiger partial charge in [-0.1, -0.05) is 48.0 Å². The van der Waals surface area contributed by atoms with Crippen molar-refractivity contribution in [3.63, 3.8) is 0 Å². The minimum atomic E-state index is 0.794. The van der Waals surface area contributed by atoms with Crippen molar-refractivity contribution >= 4 is 11.6 Å². The van der Waals surface area contributed by atoms with Crippen LogP contribution in [-0.2, 0) is 13.0 Å². The molecule has 2 heteroatoms. The highest BCUT2D eigenvalue weighted by molar-refractivity contribution is 6.30. The Labute approximate surface area is 114 Å². The summed E-state index contributed by atoms with van der Waals surface area (Å²) in [6, 6.07) is 16.9. The van der Waals surface area contributed by atoms with Gasteiger partial charge in [0.1, 0.15) is 6.54 Å². The summed E-state index contributed by atoms with van der Waals surface area (Å²) in [6.45, 7) is 1.07. The van der Waals surface area contributed by atoms with Gasteiger partial charge in [0.25, 0.3) is 0 Å². The largest absolute Gasteiger partial charge is 0.336 e. The molecule has 2 rings (SSSR count). The van der Waals surface area contributed by atoms with Crippen LogP contribution in [0.2, 0.25) is 5.02 Å². The van der Waals surface area contributed by atoms with Gasteiger partial charge < -0.3 is 4.90 Å². The van der Waals surface area contributed by atoms with Crippen molar-refractivity contribution in [3.05, 3.63) is 70.2 Å². The minimum absolute atomic E-state index is 0.794. The lowest BCUT2D eigenvalue weighted by atomic mass is 10.0. The molecule has 0 aliphatic rings. The summed E-state index contributed by atoms with van der Waals surface area (Å²) in [7, 11) is 4.34. The van der Waals surface area contributed by atoms with E-state index < -0.39 is 0 Å². The summed E-state index contributed by atoms with van der Waals surface area (Å²) in [6.07, 6.45) is 0.965. The van der Waals surface area contributed by atoms with Gasteiger partial charge in [0, 0.05) is 10.6 Å². The highest BCUT2D eigenvalue weighted by atomic mass is 35.5. The van der Waals surface area contributed by atoms with Crippen LogP contribution in [0.4, 0.5) is 0 Å². The maximum absolute atomic E-state index is 5.88. The quantitative estimate of drug-likeness (QED) is 0.862. The van der Waals surface area contributed by atoms with Crippen molar-refractivity contribution < 1.29 is 4.90 Å². The highest BCUT2D eigenvalue weighted by Gasteiger charge is 2.00. The Morgan fingerprint density at radius 3 is 1.72 bits per heavy atom. The smallest absolute Gasteiger partial charge is 0.102 e. The van der Waals surface area contributed by atoms with Crippen LogP contribution in [0.5, 0.6) is 0 Å². The van der Waals surface area contributed by atoms with E-state index in [1.54, 1.807) is 0 Å². The van der Waals surface area contributed by atoms with Crippen LogP contribution in [0.1, 0.15) is 16.7 Å². The van der Waals surface area contributed by atoms with Gasteiger partial charge >= 0.3 is 0 Å². The topological polar surface area (TPSA) is 4.44 Å². The number of hydrogen-bond acceptors (Lipinski definition) is 0. The van der Waals surface area contributed by atoms with Crippen LogP contribution >= 0.6 is 11.6 Å². The van der Waals surface area contributed by atoms with Crippen LogP contribution in [0.15, 0.2) is 48.5 Å². The molecule has 0 saturated heterocycles. The zero-order valence-electron chi connectivity index (χ0n) is 10.9. The van der Waals surface area contributed by atoms with E-state index in [9.17, 15) is 0 Å². The molecule has 0 amide bonds. The number of halogens is 1. The number of quaternary nitrogens is 1. The van der Waals surface area contributed by atoms with Gasteiger partial charge in [-0.2, -0.15) is 0 Å². The molecular weight excluding hydrogens is 242 g/mol. The molecule has 94 valence electrons. The molecule has 0 radical (unpaired) electrons. The number of nitrogens with one attached hydrogen (secondary N) is 1. The summed E-state index contributed by atoms with van der Waals surface area (Å²) >= 11 is 5.88. The fraction of sp³-hybridized carbons (Fsp3) is 0.250. The molecule has 0 fully saturated rings. The number of rotatable bonds is 4. The number of hydrogen-bond donors (Lipinski definition) is 1. The Hall–Kier alpha value is -1.31. The van der Waals surface area contributed by atoms with Gasteiger partial charge in [-0.15, -0.1) is 0 Å². The molecule has 0 spiro atoms. The highest BCUT2D eigenvalue weighted by Crippen LogP contribution is 2.14. The van der Waals surface area contributed by atoms with E-state index in [4.69, 9.17) is 11.6 Å². The maximum Gasteiger partial charge on any atom is 0.102 e. The van der Waals surface area contributed by atoms with Crippen molar-refractivity contribution in [3.8, 4) is 0 Å². The molecule has 0 unspecified atom stereocenters. The van der Waals surface area contributed by atoms with Gasteiger partial charge in [0.2, 0.25) is 0 Å². The van der Waals surface area contributed by atoms with Crippen LogP contribution in [-0.4, -0.2) is 14.1 Å². The predicted octanol–water partition coefficient (Wildman–Crippen LogP) is 2.58. The van der Waals surface area contributed by atoms with Crippen molar-refractivity contribution in [1.82, 2.24) is 0 Å². The summed E-state index contributed by atoms with van der Waals surface area (Å²) in [5.41, 5.74) is 4.02. The van der Waals surface area contributed by atoms with E-state index in [0.29, 0.717) is 0 Å². The normalized spacial score (nSPS) is 10.9. The molecule has 0 aromatic heterocycles. The Bertz CT molecular complexity index is 486. The molecule has 18 heavy (non-hydrogen) atoms. The zero-order valence-corrected chi connectivity index (χ0v) is 11.7. The second-order valence-electron chi connectivity index (χ2n) is 5.00. The lowest BCUT2D eigenvalue weighted by Gasteiger charge is -2.08. The van der Waals surface area contributed by atoms with Crippen molar-refractivity contribution in [2.24, 2.45) is 0 Å². The molecular formula is C16H19ClN+. The van der Waals surface area contributed by atoms with Crippen molar-refractivity contribution in [2.75, 3.05) is 14.1 Å². The summed E-state index contributed by atoms with van der Waals surface area (Å²) < 4.78 is 0. The first-order chi connectivity index (χ1) is 8.63. The van der Waals surface area contributed by atoms with E-state index in [2.05, 4.69) is 50.5 Å². The summed E-state index contributed by atoms with van der Waals surface area (Å²) in [4.78, 5) is 1.44. The Morgan fingerprint density at radius 1 is 0.778 bits per heavy atom. The first-order valence-corrected chi connectivity index (χ1v) is 6.62. The SMILES string of the molecule is C[NH+](C)Cc1ccc(Cc2ccc(Cl)cc2)cc1. The fourth-order valence-corrected chi connectivity index (χ4v) is 2.15. The van der Waals surface area contributed by atoms with Gasteiger partial charge in [-0.3, -0.25) is 0 Å². The fourth-order valence-electron chi connectivity index (χ4n) is 2.02. The molecule has 0 atom stereocenters. The second-order valence-corrected chi connectivity index (χ2v) is 5.44. The average molecular weight is 261 g/mol. The molecule has 0 bridgehead atoms. The van der Waals surface area contributed by atoms with Crippen molar-refractivity contribution in [1.29, 1.82) is 0 Å². The molecule has 0 aliphatic heterocycles. The second kappa shape index (κ2) is 6.03. The van der Waals surface area contributed by atoms with E-state index in [1.807, 2.05) is 12.1 Å². The first-order valence-electron chi connectivity index (χ1n) is 6.25. The van der Waals surface area contributed by atoms with Gasteiger partial charge in [-0.05, 0) is 29.7 Å². The van der Waals surface area contributed by atoms with E-state index in [0.717, 1.165) is 18.0 Å². The minimum Gasteiger partial charge on any atom is -0.336 e. The summed E-state index contributed by atoms with van der Waals surface area (Å²) in [5.74, 6) is 0. The van der Waals surface area contributed by atoms with Crippen LogP contribution in [0.25, 0.3) is 0 Å². The molecule has 1 nitrogen and oxygen atoms in total. The maximum atomic E-state index is 5.88. The van der Waals surface area contributed by atoms with E-state index in [1.165, 1.54) is 21.6 Å². The number of benzene rings is 2. The van der Waals surface area contributed by atoms with Crippen LogP contribution in [0, 0.1) is 0 Å². The van der Waals surface area contributed by atoms with Crippen LogP contribution in [0.3, 0.4) is 0 Å². The van der Waals surface area contributed by atoms with Gasteiger partial charge in [0.15, 0.2) is 0 Å². The Balaban J connectivity index is 2.04. The standard InChI is InChI=1S/C16H18ClN/c1-18(2)12-15-5-3-13(4-6-15)11-14-7-9-16(17)10-8-14/h3-10H,11-12H2,1-2H3/p+1. The van der Waals surface area contributed by atoms with Gasteiger partial charge in [-0.25, -0.2) is 0 Å². The van der Waals surface area contributed by atoms with Gasteiger partial charge in [0.05, 0.1) is 14.1 Å². The molecule has 1 N–H and O–H groups in total. The summed E-state index contributed by atoms with van der Waals surface area (Å²) in [5, 5.41) is 0.794. The molecule has 0 aliphatic carbocycles. The lowest BCUT2D eigenvalue weighted by Crippen LogP contribution is -3.04.